The number of anilines is 1. The van der Waals surface area contributed by atoms with Crippen LogP contribution in [0.5, 0.6) is 5.75 Å². The van der Waals surface area contributed by atoms with Crippen molar-refractivity contribution in [1.82, 2.24) is 29.5 Å². The molecule has 2 atom stereocenters. The van der Waals surface area contributed by atoms with Gasteiger partial charge in [0, 0.05) is 23.8 Å². The Hall–Kier alpha value is -3.15. The van der Waals surface area contributed by atoms with E-state index in [4.69, 9.17) is 0 Å². The van der Waals surface area contributed by atoms with Crippen molar-refractivity contribution in [2.24, 2.45) is 0 Å². The summed E-state index contributed by atoms with van der Waals surface area (Å²) in [4.78, 5) is 22.1. The van der Waals surface area contributed by atoms with Gasteiger partial charge in [0.25, 0.3) is 5.56 Å². The number of aliphatic hydroxyl groups is 1. The minimum absolute atomic E-state index is 0.147. The largest absolute Gasteiger partial charge is 0.429 e. The highest BCUT2D eigenvalue weighted by atomic mass is 19.3. The molecule has 2 saturated carbocycles. The van der Waals surface area contributed by atoms with Crippen LogP contribution in [0.4, 0.5) is 14.7 Å². The molecule has 0 unspecified atom stereocenters. The number of aromatic nitrogens is 6. The van der Waals surface area contributed by atoms with Crippen LogP contribution in [0.15, 0.2) is 29.5 Å². The molecule has 0 bridgehead atoms. The summed E-state index contributed by atoms with van der Waals surface area (Å²) in [5.41, 5.74) is -1.62. The number of rotatable bonds is 6. The van der Waals surface area contributed by atoms with Gasteiger partial charge in [-0.2, -0.15) is 13.8 Å². The fourth-order valence-electron chi connectivity index (χ4n) is 5.25. The van der Waals surface area contributed by atoms with Crippen LogP contribution in [0.1, 0.15) is 64.0 Å². The molecule has 5 rings (SSSR count). The fourth-order valence-corrected chi connectivity index (χ4v) is 5.25. The average molecular weight is 476 g/mol. The highest BCUT2D eigenvalue weighted by Crippen LogP contribution is 2.40. The summed E-state index contributed by atoms with van der Waals surface area (Å²) >= 11 is 0. The average Bonchev–Trinajstić information content (AvgIpc) is 3.45. The van der Waals surface area contributed by atoms with Crippen molar-refractivity contribution in [3.8, 4) is 5.75 Å². The van der Waals surface area contributed by atoms with E-state index in [1.807, 2.05) is 10.9 Å². The first-order valence-electron chi connectivity index (χ1n) is 11.5. The van der Waals surface area contributed by atoms with E-state index in [9.17, 15) is 18.7 Å². The Morgan fingerprint density at radius 2 is 2.06 bits per heavy atom. The molecule has 0 saturated heterocycles. The standard InChI is InChI=1S/C22H27F2N7O3/c1-22(33)8-2-3-17(22)31-18-13(11-16(19(31)32)34-20(23)24)12-25-21(28-18)27-14-4-6-15(7-5-14)30-10-9-26-29-30/h9-12,14-15,17,20,33H,2-8H2,1H3,(H,25,27,28)/t14?,15?,17-,22-/m1/s1. The van der Waals surface area contributed by atoms with E-state index < -0.39 is 29.6 Å². The highest BCUT2D eigenvalue weighted by molar-refractivity contribution is 5.77. The monoisotopic (exact) mass is 475 g/mol. The second-order valence-corrected chi connectivity index (χ2v) is 9.33. The minimum Gasteiger partial charge on any atom is -0.429 e. The predicted octanol–water partition coefficient (Wildman–Crippen LogP) is 3.06. The van der Waals surface area contributed by atoms with Crippen LogP contribution in [0.25, 0.3) is 11.0 Å². The number of hydrogen-bond acceptors (Lipinski definition) is 8. The maximum Gasteiger partial charge on any atom is 0.387 e. The Bertz CT molecular complexity index is 1210. The molecule has 2 fully saturated rings. The van der Waals surface area contributed by atoms with Crippen molar-refractivity contribution in [3.05, 3.63) is 35.0 Å². The molecular weight excluding hydrogens is 448 g/mol. The van der Waals surface area contributed by atoms with Crippen molar-refractivity contribution in [3.63, 3.8) is 0 Å². The van der Waals surface area contributed by atoms with E-state index in [-0.39, 0.29) is 11.7 Å². The van der Waals surface area contributed by atoms with Gasteiger partial charge in [-0.3, -0.25) is 9.36 Å². The number of hydrogen-bond donors (Lipinski definition) is 2. The molecule has 10 nitrogen and oxygen atoms in total. The van der Waals surface area contributed by atoms with E-state index in [1.165, 1.54) is 16.8 Å². The van der Waals surface area contributed by atoms with Gasteiger partial charge in [0.05, 0.1) is 23.9 Å². The smallest absolute Gasteiger partial charge is 0.387 e. The van der Waals surface area contributed by atoms with E-state index in [1.54, 1.807) is 13.1 Å². The third-order valence-corrected chi connectivity index (χ3v) is 6.99. The van der Waals surface area contributed by atoms with Crippen LogP contribution in [0.2, 0.25) is 0 Å². The van der Waals surface area contributed by atoms with Gasteiger partial charge in [-0.25, -0.2) is 9.67 Å². The zero-order valence-corrected chi connectivity index (χ0v) is 18.8. The van der Waals surface area contributed by atoms with Gasteiger partial charge in [-0.1, -0.05) is 5.21 Å². The van der Waals surface area contributed by atoms with Gasteiger partial charge in [0.2, 0.25) is 5.95 Å². The molecule has 0 aliphatic heterocycles. The van der Waals surface area contributed by atoms with Gasteiger partial charge in [-0.05, 0) is 57.9 Å². The van der Waals surface area contributed by atoms with Crippen LogP contribution in [0.3, 0.4) is 0 Å². The summed E-state index contributed by atoms with van der Waals surface area (Å²) in [6, 6.07) is 1.08. The SMILES string of the molecule is C[C@@]1(O)CCC[C@H]1n1c(=O)c(OC(F)F)cc2cnc(NC3CCC(n4ccnn4)CC3)nc21. The summed E-state index contributed by atoms with van der Waals surface area (Å²) in [6.45, 7) is -1.49. The van der Waals surface area contributed by atoms with Gasteiger partial charge in [-0.15, -0.1) is 5.10 Å². The lowest BCUT2D eigenvalue weighted by atomic mass is 9.91. The Morgan fingerprint density at radius 3 is 2.71 bits per heavy atom. The van der Waals surface area contributed by atoms with Gasteiger partial charge < -0.3 is 15.2 Å². The van der Waals surface area contributed by atoms with Crippen LogP contribution in [0, 0.1) is 0 Å². The number of alkyl halides is 2. The molecule has 2 aliphatic rings. The molecule has 2 aliphatic carbocycles. The fraction of sp³-hybridized carbons (Fsp3) is 0.591. The summed E-state index contributed by atoms with van der Waals surface area (Å²) in [7, 11) is 0. The second-order valence-electron chi connectivity index (χ2n) is 9.33. The molecule has 12 heteroatoms. The molecule has 0 spiro atoms. The third kappa shape index (κ3) is 4.33. The summed E-state index contributed by atoms with van der Waals surface area (Å²) in [5.74, 6) is -0.133. The molecule has 0 amide bonds. The topological polar surface area (TPSA) is 120 Å². The number of nitrogens with zero attached hydrogens (tertiary/aromatic N) is 6. The molecule has 3 heterocycles. The molecule has 3 aromatic rings. The zero-order valence-electron chi connectivity index (χ0n) is 18.8. The number of fused-ring (bicyclic) bond motifs is 1. The summed E-state index contributed by atoms with van der Waals surface area (Å²) in [6.07, 6.45) is 10.4. The number of nitrogens with one attached hydrogen (secondary N) is 1. The first-order chi connectivity index (χ1) is 16.3. The van der Waals surface area contributed by atoms with E-state index >= 15 is 0 Å². The lowest BCUT2D eigenvalue weighted by Gasteiger charge is -2.30. The van der Waals surface area contributed by atoms with Crippen LogP contribution < -0.4 is 15.6 Å². The van der Waals surface area contributed by atoms with E-state index in [2.05, 4.69) is 30.3 Å². The number of pyridine rings is 1. The Balaban J connectivity index is 1.45. The summed E-state index contributed by atoms with van der Waals surface area (Å²) < 4.78 is 33.5. The van der Waals surface area contributed by atoms with Gasteiger partial charge >= 0.3 is 6.61 Å². The lowest BCUT2D eigenvalue weighted by Crippen LogP contribution is -2.38. The maximum absolute atomic E-state index is 13.1. The first-order valence-corrected chi connectivity index (χ1v) is 11.5. The second kappa shape index (κ2) is 8.90. The van der Waals surface area contributed by atoms with E-state index in [0.717, 1.165) is 25.7 Å². The van der Waals surface area contributed by atoms with Crippen LogP contribution in [-0.4, -0.2) is 52.9 Å². The quantitative estimate of drug-likeness (QED) is 0.558. The first kappa shape index (κ1) is 22.6. The van der Waals surface area contributed by atoms with Crippen molar-refractivity contribution >= 4 is 17.0 Å². The molecule has 182 valence electrons. The number of halogens is 2. The van der Waals surface area contributed by atoms with Crippen LogP contribution >= 0.6 is 0 Å². The van der Waals surface area contributed by atoms with Crippen LogP contribution in [-0.2, 0) is 0 Å². The third-order valence-electron chi connectivity index (χ3n) is 6.99. The minimum atomic E-state index is -3.14. The Morgan fingerprint density at radius 1 is 1.26 bits per heavy atom. The van der Waals surface area contributed by atoms with Crippen molar-refractivity contribution in [2.75, 3.05) is 5.32 Å². The highest BCUT2D eigenvalue weighted by Gasteiger charge is 2.40. The Labute approximate surface area is 194 Å². The summed E-state index contributed by atoms with van der Waals surface area (Å²) in [5, 5.41) is 22.6. The Kier molecular flexibility index (Phi) is 5.92. The molecule has 0 aromatic carbocycles. The van der Waals surface area contributed by atoms with Crippen molar-refractivity contribution in [2.45, 2.75) is 82.2 Å². The van der Waals surface area contributed by atoms with Gasteiger partial charge in [0.15, 0.2) is 5.75 Å². The zero-order chi connectivity index (χ0) is 23.9. The molecular formula is C22H27F2N7O3. The predicted molar refractivity (Wildman–Crippen MR) is 119 cm³/mol. The van der Waals surface area contributed by atoms with Crippen molar-refractivity contribution < 1.29 is 18.6 Å². The maximum atomic E-state index is 13.1. The van der Waals surface area contributed by atoms with Gasteiger partial charge in [0.1, 0.15) is 5.65 Å². The molecule has 2 N–H and O–H groups in total. The molecule has 3 aromatic heterocycles. The lowest BCUT2D eigenvalue weighted by molar-refractivity contribution is -0.0513. The number of ether oxygens (including phenoxy) is 1. The van der Waals surface area contributed by atoms with Crippen molar-refractivity contribution in [1.29, 1.82) is 0 Å². The normalized spacial score (nSPS) is 27.4. The molecule has 34 heavy (non-hydrogen) atoms. The molecule has 0 radical (unpaired) electrons. The van der Waals surface area contributed by atoms with E-state index in [0.29, 0.717) is 36.6 Å².